The minimum absolute atomic E-state index is 0.0554. The van der Waals surface area contributed by atoms with Crippen molar-refractivity contribution in [3.8, 4) is 5.75 Å². The third-order valence-corrected chi connectivity index (χ3v) is 6.27. The number of amides is 3. The average Bonchev–Trinajstić information content (AvgIpc) is 3.38. The van der Waals surface area contributed by atoms with Crippen molar-refractivity contribution in [1.29, 1.82) is 0 Å². The normalized spacial score (nSPS) is 18.9. The van der Waals surface area contributed by atoms with Gasteiger partial charge in [0, 0.05) is 19.5 Å². The fourth-order valence-electron chi connectivity index (χ4n) is 3.84. The first-order chi connectivity index (χ1) is 14.6. The Hall–Kier alpha value is -2.80. The highest BCUT2D eigenvalue weighted by Crippen LogP contribution is 2.26. The van der Waals surface area contributed by atoms with E-state index < -0.39 is 0 Å². The van der Waals surface area contributed by atoms with Crippen molar-refractivity contribution in [2.75, 3.05) is 18.8 Å². The van der Waals surface area contributed by atoms with Gasteiger partial charge in [-0.3, -0.25) is 19.3 Å². The van der Waals surface area contributed by atoms with E-state index in [2.05, 4.69) is 0 Å². The Labute approximate surface area is 180 Å². The van der Waals surface area contributed by atoms with Crippen LogP contribution in [-0.2, 0) is 22.6 Å². The monoisotopic (exact) mass is 424 g/mol. The molecule has 0 aliphatic carbocycles. The van der Waals surface area contributed by atoms with Gasteiger partial charge in [-0.15, -0.1) is 0 Å². The lowest BCUT2D eigenvalue weighted by Gasteiger charge is -2.22. The first-order valence-corrected chi connectivity index (χ1v) is 11.1. The van der Waals surface area contributed by atoms with Crippen LogP contribution in [0.15, 0.2) is 54.6 Å². The molecular formula is C23H24N2O4S. The quantitative estimate of drug-likeness (QED) is 0.681. The molecule has 4 rings (SSSR count). The molecule has 0 spiro atoms. The van der Waals surface area contributed by atoms with Crippen LogP contribution in [0.4, 0.5) is 4.79 Å². The third kappa shape index (κ3) is 4.84. The standard InChI is InChI=1S/C23H24N2O4S/c26-21(24-12-11-19(14-24)25-22(27)16-30-23(25)28)10-9-17-7-4-8-20(13-17)29-15-18-5-2-1-3-6-18/h1-8,13,19H,9-12,14-16H2. The molecule has 1 unspecified atom stereocenters. The van der Waals surface area contributed by atoms with E-state index in [1.54, 1.807) is 4.90 Å². The van der Waals surface area contributed by atoms with Crippen molar-refractivity contribution < 1.29 is 19.1 Å². The molecule has 2 fully saturated rings. The van der Waals surface area contributed by atoms with E-state index in [0.29, 0.717) is 39.0 Å². The summed E-state index contributed by atoms with van der Waals surface area (Å²) in [6.45, 7) is 1.53. The van der Waals surface area contributed by atoms with Crippen LogP contribution < -0.4 is 4.74 Å². The van der Waals surface area contributed by atoms with Gasteiger partial charge in [0.05, 0.1) is 11.8 Å². The van der Waals surface area contributed by atoms with Gasteiger partial charge in [0.25, 0.3) is 5.24 Å². The van der Waals surface area contributed by atoms with E-state index in [-0.39, 0.29) is 28.8 Å². The maximum absolute atomic E-state index is 12.6. The Morgan fingerprint density at radius 1 is 1.07 bits per heavy atom. The fraction of sp³-hybridized carbons (Fsp3) is 0.348. The number of hydrogen-bond donors (Lipinski definition) is 0. The number of carbonyl (C=O) groups is 3. The maximum atomic E-state index is 12.6. The molecule has 30 heavy (non-hydrogen) atoms. The topological polar surface area (TPSA) is 66.9 Å². The summed E-state index contributed by atoms with van der Waals surface area (Å²) in [4.78, 5) is 39.5. The van der Waals surface area contributed by atoms with Crippen molar-refractivity contribution in [3.05, 3.63) is 65.7 Å². The second-order valence-electron chi connectivity index (χ2n) is 7.52. The van der Waals surface area contributed by atoms with Crippen molar-refractivity contribution in [2.24, 2.45) is 0 Å². The Morgan fingerprint density at radius 3 is 2.63 bits per heavy atom. The number of nitrogens with zero attached hydrogens (tertiary/aromatic N) is 2. The van der Waals surface area contributed by atoms with Crippen molar-refractivity contribution in [2.45, 2.75) is 31.9 Å². The molecule has 2 heterocycles. The Balaban J connectivity index is 1.27. The Kier molecular flexibility index (Phi) is 6.38. The minimum atomic E-state index is -0.188. The van der Waals surface area contributed by atoms with Crippen molar-refractivity contribution >= 4 is 28.8 Å². The molecule has 0 aromatic heterocycles. The van der Waals surface area contributed by atoms with Crippen LogP contribution in [0.2, 0.25) is 0 Å². The van der Waals surface area contributed by atoms with Crippen LogP contribution >= 0.6 is 11.8 Å². The van der Waals surface area contributed by atoms with Gasteiger partial charge in [0.2, 0.25) is 11.8 Å². The average molecular weight is 425 g/mol. The summed E-state index contributed by atoms with van der Waals surface area (Å²) in [6, 6.07) is 17.6. The molecule has 3 amide bonds. The van der Waals surface area contributed by atoms with Gasteiger partial charge in [0.15, 0.2) is 0 Å². The van der Waals surface area contributed by atoms with Gasteiger partial charge in [-0.25, -0.2) is 0 Å². The molecule has 0 radical (unpaired) electrons. The predicted octanol–water partition coefficient (Wildman–Crippen LogP) is 3.49. The number of hydrogen-bond acceptors (Lipinski definition) is 5. The van der Waals surface area contributed by atoms with Gasteiger partial charge in [0.1, 0.15) is 12.4 Å². The number of ether oxygens (including phenoxy) is 1. The smallest absolute Gasteiger partial charge is 0.289 e. The molecular weight excluding hydrogens is 400 g/mol. The predicted molar refractivity (Wildman–Crippen MR) is 115 cm³/mol. The van der Waals surface area contributed by atoms with E-state index in [4.69, 9.17) is 4.74 Å². The maximum Gasteiger partial charge on any atom is 0.289 e. The van der Waals surface area contributed by atoms with E-state index in [1.807, 2.05) is 54.6 Å². The van der Waals surface area contributed by atoms with Gasteiger partial charge < -0.3 is 9.64 Å². The molecule has 2 aromatic carbocycles. The SMILES string of the molecule is O=C(CCc1cccc(OCc2ccccc2)c1)N1CCC(N2C(=O)CSC2=O)C1. The molecule has 2 aromatic rings. The summed E-state index contributed by atoms with van der Waals surface area (Å²) in [5, 5.41) is -0.188. The second kappa shape index (κ2) is 9.34. The van der Waals surface area contributed by atoms with E-state index in [9.17, 15) is 14.4 Å². The number of rotatable bonds is 7. The van der Waals surface area contributed by atoms with Crippen LogP contribution in [0.1, 0.15) is 24.0 Å². The Morgan fingerprint density at radius 2 is 1.87 bits per heavy atom. The first kappa shape index (κ1) is 20.5. The zero-order chi connectivity index (χ0) is 20.9. The molecule has 0 N–H and O–H groups in total. The largest absolute Gasteiger partial charge is 0.489 e. The van der Waals surface area contributed by atoms with Crippen molar-refractivity contribution in [3.63, 3.8) is 0 Å². The summed E-state index contributed by atoms with van der Waals surface area (Å²) in [7, 11) is 0. The summed E-state index contributed by atoms with van der Waals surface area (Å²) in [5.74, 6) is 0.913. The van der Waals surface area contributed by atoms with Crippen molar-refractivity contribution in [1.82, 2.24) is 9.80 Å². The highest BCUT2D eigenvalue weighted by atomic mass is 32.2. The molecule has 6 nitrogen and oxygen atoms in total. The van der Waals surface area contributed by atoms with Crippen LogP contribution in [0, 0.1) is 0 Å². The van der Waals surface area contributed by atoms with E-state index >= 15 is 0 Å². The molecule has 2 aliphatic heterocycles. The molecule has 156 valence electrons. The summed E-state index contributed by atoms with van der Waals surface area (Å²) in [5.41, 5.74) is 2.15. The number of thioether (sulfide) groups is 1. The summed E-state index contributed by atoms with van der Waals surface area (Å²) >= 11 is 1.04. The third-order valence-electron chi connectivity index (χ3n) is 5.44. The molecule has 0 bridgehead atoms. The first-order valence-electron chi connectivity index (χ1n) is 10.1. The molecule has 2 aliphatic rings. The van der Waals surface area contributed by atoms with Gasteiger partial charge in [-0.05, 0) is 36.1 Å². The lowest BCUT2D eigenvalue weighted by Crippen LogP contribution is -2.41. The number of likely N-dealkylation sites (tertiary alicyclic amines) is 1. The molecule has 0 saturated carbocycles. The molecule has 2 saturated heterocycles. The van der Waals surface area contributed by atoms with Crippen LogP contribution in [0.5, 0.6) is 5.75 Å². The lowest BCUT2D eigenvalue weighted by atomic mass is 10.1. The van der Waals surface area contributed by atoms with Crippen LogP contribution in [-0.4, -0.2) is 51.7 Å². The number of carbonyl (C=O) groups excluding carboxylic acids is 3. The second-order valence-corrected chi connectivity index (χ2v) is 8.45. The highest BCUT2D eigenvalue weighted by Gasteiger charge is 2.40. The summed E-state index contributed by atoms with van der Waals surface area (Å²) in [6.07, 6.45) is 1.68. The minimum Gasteiger partial charge on any atom is -0.489 e. The lowest BCUT2D eigenvalue weighted by molar-refractivity contribution is -0.131. The zero-order valence-electron chi connectivity index (χ0n) is 16.7. The fourth-order valence-corrected chi connectivity index (χ4v) is 4.61. The number of aryl methyl sites for hydroxylation is 1. The molecule has 1 atom stereocenters. The number of imide groups is 1. The summed E-state index contributed by atoms with van der Waals surface area (Å²) < 4.78 is 5.86. The zero-order valence-corrected chi connectivity index (χ0v) is 17.5. The van der Waals surface area contributed by atoms with Gasteiger partial charge in [-0.1, -0.05) is 54.2 Å². The van der Waals surface area contributed by atoms with Crippen LogP contribution in [0.3, 0.4) is 0 Å². The van der Waals surface area contributed by atoms with Gasteiger partial charge in [-0.2, -0.15) is 0 Å². The van der Waals surface area contributed by atoms with Gasteiger partial charge >= 0.3 is 0 Å². The van der Waals surface area contributed by atoms with E-state index in [1.165, 1.54) is 4.90 Å². The Bertz CT molecular complexity index is 918. The number of benzene rings is 2. The van der Waals surface area contributed by atoms with E-state index in [0.717, 1.165) is 28.6 Å². The van der Waals surface area contributed by atoms with Crippen LogP contribution in [0.25, 0.3) is 0 Å². The highest BCUT2D eigenvalue weighted by molar-refractivity contribution is 8.14. The molecule has 7 heteroatoms.